The lowest BCUT2D eigenvalue weighted by atomic mass is 9.66. The molecule has 1 aliphatic heterocycles. The molecule has 0 unspecified atom stereocenters. The zero-order valence-electron chi connectivity index (χ0n) is 19.7. The molecule has 0 bridgehead atoms. The fourth-order valence-electron chi connectivity index (χ4n) is 6.93. The molecule has 0 N–H and O–H groups in total. The molecule has 33 heavy (non-hydrogen) atoms. The second-order valence-corrected chi connectivity index (χ2v) is 10.4. The summed E-state index contributed by atoms with van der Waals surface area (Å²) in [5.74, 6) is 0.573. The first-order valence-electron chi connectivity index (χ1n) is 12.9. The van der Waals surface area contributed by atoms with Crippen LogP contribution < -0.4 is 0 Å². The van der Waals surface area contributed by atoms with Gasteiger partial charge < -0.3 is 9.47 Å². The van der Waals surface area contributed by atoms with Crippen molar-refractivity contribution in [3.8, 4) is 6.07 Å². The van der Waals surface area contributed by atoms with Gasteiger partial charge >= 0.3 is 0 Å². The molecule has 1 aromatic heterocycles. The third-order valence-corrected chi connectivity index (χ3v) is 8.49. The van der Waals surface area contributed by atoms with E-state index >= 15 is 0 Å². The minimum absolute atomic E-state index is 0.0645. The molecule has 2 aromatic rings. The second kappa shape index (κ2) is 9.95. The molecule has 3 aliphatic rings. The van der Waals surface area contributed by atoms with E-state index in [1.165, 1.54) is 61.8 Å². The average molecular weight is 445 g/mol. The summed E-state index contributed by atoms with van der Waals surface area (Å²) in [6, 6.07) is 17.3. The van der Waals surface area contributed by atoms with Crippen LogP contribution >= 0.6 is 0 Å². The number of pyridine rings is 1. The molecule has 1 aromatic carbocycles. The molecular weight excluding hydrogens is 408 g/mol. The van der Waals surface area contributed by atoms with Crippen LogP contribution in [-0.2, 0) is 14.9 Å². The Bertz CT molecular complexity index is 963. The van der Waals surface area contributed by atoms with Crippen molar-refractivity contribution in [1.82, 2.24) is 4.98 Å². The maximum absolute atomic E-state index is 8.94. The quantitative estimate of drug-likeness (QED) is 0.473. The Morgan fingerprint density at radius 1 is 1.03 bits per heavy atom. The number of hydrogen-bond donors (Lipinski definition) is 0. The molecule has 2 heterocycles. The molecule has 174 valence electrons. The van der Waals surface area contributed by atoms with Gasteiger partial charge in [0.1, 0.15) is 6.61 Å². The maximum Gasteiger partial charge on any atom is 0.134 e. The molecule has 2 fully saturated rings. The van der Waals surface area contributed by atoms with Crippen LogP contribution in [0.3, 0.4) is 0 Å². The molecule has 5 rings (SSSR count). The normalized spacial score (nSPS) is 28.3. The van der Waals surface area contributed by atoms with Gasteiger partial charge in [-0.3, -0.25) is 4.98 Å². The SMILES string of the molecule is N#CCO[C@H]1CC[C@H](CCC[C@@]2(c3ccccn3)CCOC3(CCCC3)C2)c2ccccc21. The van der Waals surface area contributed by atoms with Gasteiger partial charge in [0.15, 0.2) is 0 Å². The lowest BCUT2D eigenvalue weighted by Crippen LogP contribution is -2.46. The molecule has 0 amide bonds. The highest BCUT2D eigenvalue weighted by Crippen LogP contribution is 2.51. The number of aromatic nitrogens is 1. The largest absolute Gasteiger partial charge is 0.375 e. The maximum atomic E-state index is 8.94. The third kappa shape index (κ3) is 4.72. The zero-order chi connectivity index (χ0) is 22.6. The van der Waals surface area contributed by atoms with Crippen molar-refractivity contribution in [1.29, 1.82) is 5.26 Å². The highest BCUT2D eigenvalue weighted by molar-refractivity contribution is 5.34. The van der Waals surface area contributed by atoms with Gasteiger partial charge in [-0.05, 0) is 80.5 Å². The van der Waals surface area contributed by atoms with Crippen LogP contribution in [0.4, 0.5) is 0 Å². The molecule has 1 spiro atoms. The standard InChI is InChI=1S/C29H36N2O2/c30-18-21-32-26-13-12-23(24-9-1-2-10-25(24)26)8-7-14-28(27-11-3-6-19-31-27)17-20-33-29(22-28)15-4-5-16-29/h1-3,6,9-11,19,23,26H,4-5,7-8,12-17,20-22H2/t23-,26-,28+/m0/s1. The average Bonchev–Trinajstić information content (AvgIpc) is 3.31. The van der Waals surface area contributed by atoms with Crippen LogP contribution in [0.25, 0.3) is 0 Å². The minimum Gasteiger partial charge on any atom is -0.375 e. The van der Waals surface area contributed by atoms with Crippen molar-refractivity contribution in [2.75, 3.05) is 13.2 Å². The lowest BCUT2D eigenvalue weighted by Gasteiger charge is -2.46. The minimum atomic E-state index is 0.0645. The Morgan fingerprint density at radius 2 is 1.85 bits per heavy atom. The Morgan fingerprint density at radius 3 is 2.64 bits per heavy atom. The van der Waals surface area contributed by atoms with Gasteiger partial charge in [0.2, 0.25) is 0 Å². The number of fused-ring (bicyclic) bond motifs is 1. The molecule has 4 nitrogen and oxygen atoms in total. The van der Waals surface area contributed by atoms with Gasteiger partial charge in [-0.2, -0.15) is 5.26 Å². The summed E-state index contributed by atoms with van der Waals surface area (Å²) in [6.07, 6.45) is 15.0. The van der Waals surface area contributed by atoms with Crippen LogP contribution in [0.15, 0.2) is 48.7 Å². The smallest absolute Gasteiger partial charge is 0.134 e. The Hall–Kier alpha value is -2.22. The van der Waals surface area contributed by atoms with Crippen LogP contribution in [-0.4, -0.2) is 23.8 Å². The van der Waals surface area contributed by atoms with Crippen molar-refractivity contribution < 1.29 is 9.47 Å². The predicted octanol–water partition coefficient (Wildman–Crippen LogP) is 6.77. The Kier molecular flexibility index (Phi) is 6.81. The van der Waals surface area contributed by atoms with Crippen molar-refractivity contribution >= 4 is 0 Å². The van der Waals surface area contributed by atoms with E-state index in [0.29, 0.717) is 5.92 Å². The number of benzene rings is 1. The van der Waals surface area contributed by atoms with Gasteiger partial charge in [0, 0.05) is 23.9 Å². The Labute approximate surface area is 198 Å². The van der Waals surface area contributed by atoms with E-state index in [2.05, 4.69) is 42.5 Å². The number of hydrogen-bond acceptors (Lipinski definition) is 4. The summed E-state index contributed by atoms with van der Waals surface area (Å²) < 4.78 is 12.3. The molecule has 3 atom stereocenters. The highest BCUT2D eigenvalue weighted by atomic mass is 16.5. The fourth-order valence-corrected chi connectivity index (χ4v) is 6.93. The van der Waals surface area contributed by atoms with E-state index in [9.17, 15) is 0 Å². The summed E-state index contributed by atoms with van der Waals surface area (Å²) in [5, 5.41) is 8.94. The van der Waals surface area contributed by atoms with E-state index in [1.54, 1.807) is 0 Å². The lowest BCUT2D eigenvalue weighted by molar-refractivity contribution is -0.105. The first-order chi connectivity index (χ1) is 16.2. The topological polar surface area (TPSA) is 55.1 Å². The van der Waals surface area contributed by atoms with E-state index in [4.69, 9.17) is 19.7 Å². The molecule has 4 heteroatoms. The van der Waals surface area contributed by atoms with Crippen LogP contribution in [0.2, 0.25) is 0 Å². The summed E-state index contributed by atoms with van der Waals surface area (Å²) in [6.45, 7) is 1.03. The monoisotopic (exact) mass is 444 g/mol. The van der Waals surface area contributed by atoms with Crippen molar-refractivity contribution in [3.63, 3.8) is 0 Å². The molecule has 2 aliphatic carbocycles. The summed E-state index contributed by atoms with van der Waals surface area (Å²) in [5.41, 5.74) is 4.21. The van der Waals surface area contributed by atoms with Crippen LogP contribution in [0.1, 0.15) is 99.5 Å². The number of nitriles is 1. The van der Waals surface area contributed by atoms with Gasteiger partial charge in [0.25, 0.3) is 0 Å². The number of rotatable bonds is 7. The number of ether oxygens (including phenoxy) is 2. The van der Waals surface area contributed by atoms with Crippen LogP contribution in [0.5, 0.6) is 0 Å². The predicted molar refractivity (Wildman–Crippen MR) is 129 cm³/mol. The first-order valence-corrected chi connectivity index (χ1v) is 12.9. The van der Waals surface area contributed by atoms with Gasteiger partial charge in [-0.25, -0.2) is 0 Å². The van der Waals surface area contributed by atoms with Gasteiger partial charge in [-0.1, -0.05) is 49.6 Å². The fraction of sp³-hybridized carbons (Fsp3) is 0.586. The van der Waals surface area contributed by atoms with Gasteiger partial charge in [-0.15, -0.1) is 0 Å². The first kappa shape index (κ1) is 22.6. The van der Waals surface area contributed by atoms with E-state index in [1.807, 2.05) is 12.3 Å². The molecule has 0 radical (unpaired) electrons. The second-order valence-electron chi connectivity index (χ2n) is 10.4. The van der Waals surface area contributed by atoms with Crippen molar-refractivity contribution in [2.45, 2.75) is 93.7 Å². The van der Waals surface area contributed by atoms with Crippen molar-refractivity contribution in [2.24, 2.45) is 0 Å². The molecule has 1 saturated heterocycles. The molecular formula is C29H36N2O2. The van der Waals surface area contributed by atoms with Gasteiger partial charge in [0.05, 0.1) is 17.8 Å². The third-order valence-electron chi connectivity index (χ3n) is 8.49. The van der Waals surface area contributed by atoms with E-state index in [-0.39, 0.29) is 23.7 Å². The summed E-state index contributed by atoms with van der Waals surface area (Å²) in [7, 11) is 0. The van der Waals surface area contributed by atoms with E-state index in [0.717, 1.165) is 32.3 Å². The summed E-state index contributed by atoms with van der Waals surface area (Å²) in [4.78, 5) is 4.87. The van der Waals surface area contributed by atoms with Crippen molar-refractivity contribution in [3.05, 3.63) is 65.5 Å². The zero-order valence-corrected chi connectivity index (χ0v) is 19.7. The van der Waals surface area contributed by atoms with Crippen LogP contribution in [0, 0.1) is 11.3 Å². The summed E-state index contributed by atoms with van der Waals surface area (Å²) >= 11 is 0. The number of nitrogens with zero attached hydrogens (tertiary/aromatic N) is 2. The Balaban J connectivity index is 1.31. The van der Waals surface area contributed by atoms with E-state index < -0.39 is 0 Å². The molecule has 1 saturated carbocycles. The highest BCUT2D eigenvalue weighted by Gasteiger charge is 2.48.